The second kappa shape index (κ2) is 5.67. The molecule has 0 unspecified atom stereocenters. The second-order valence-electron chi connectivity index (χ2n) is 4.16. The van der Waals surface area contributed by atoms with Crippen LogP contribution >= 0.6 is 0 Å². The monoisotopic (exact) mass is 259 g/mol. The Balaban J connectivity index is 2.80. The third kappa shape index (κ3) is 3.10. The molecule has 0 aromatic rings. The molecule has 0 aromatic carbocycles. The molecule has 0 aromatic heterocycles. The lowest BCUT2D eigenvalue weighted by atomic mass is 10.2. The van der Waals surface area contributed by atoms with E-state index >= 15 is 0 Å². The average Bonchev–Trinajstić information content (AvgIpc) is 2.67. The second-order valence-corrected chi connectivity index (χ2v) is 4.16. The molecule has 8 nitrogen and oxygen atoms in total. The SMILES string of the molecule is CCN(CC(N)=O)C(=O)N1C[C@@H](O)C[C@H]1C(=O)O. The molecular weight excluding hydrogens is 242 g/mol. The van der Waals surface area contributed by atoms with Gasteiger partial charge in [-0.25, -0.2) is 9.59 Å². The number of carbonyl (C=O) groups excluding carboxylic acids is 2. The Morgan fingerprint density at radius 1 is 1.44 bits per heavy atom. The summed E-state index contributed by atoms with van der Waals surface area (Å²) in [4.78, 5) is 36.0. The zero-order valence-corrected chi connectivity index (χ0v) is 10.1. The fourth-order valence-corrected chi connectivity index (χ4v) is 1.94. The fourth-order valence-electron chi connectivity index (χ4n) is 1.94. The maximum atomic E-state index is 12.0. The van der Waals surface area contributed by atoms with Crippen LogP contribution < -0.4 is 5.73 Å². The third-order valence-electron chi connectivity index (χ3n) is 2.81. The highest BCUT2D eigenvalue weighted by Crippen LogP contribution is 2.19. The minimum atomic E-state index is -1.17. The van der Waals surface area contributed by atoms with Crippen LogP contribution in [0, 0.1) is 0 Å². The van der Waals surface area contributed by atoms with Gasteiger partial charge in [-0.3, -0.25) is 4.79 Å². The van der Waals surface area contributed by atoms with Crippen LogP contribution in [-0.2, 0) is 9.59 Å². The summed E-state index contributed by atoms with van der Waals surface area (Å²) in [5.41, 5.74) is 5.01. The molecular formula is C10H17N3O5. The number of amides is 3. The zero-order valence-electron chi connectivity index (χ0n) is 10.1. The lowest BCUT2D eigenvalue weighted by Crippen LogP contribution is -2.50. The van der Waals surface area contributed by atoms with Crippen LogP contribution in [0.2, 0.25) is 0 Å². The number of likely N-dealkylation sites (tertiary alicyclic amines) is 1. The zero-order chi connectivity index (χ0) is 13.9. The molecule has 18 heavy (non-hydrogen) atoms. The van der Waals surface area contributed by atoms with Gasteiger partial charge in [-0.05, 0) is 6.92 Å². The van der Waals surface area contributed by atoms with Crippen molar-refractivity contribution in [3.63, 3.8) is 0 Å². The quantitative estimate of drug-likeness (QED) is 0.563. The average molecular weight is 259 g/mol. The molecule has 102 valence electrons. The number of aliphatic hydroxyl groups is 1. The number of carbonyl (C=O) groups is 3. The van der Waals surface area contributed by atoms with Crippen molar-refractivity contribution in [1.82, 2.24) is 9.80 Å². The van der Waals surface area contributed by atoms with Gasteiger partial charge in [0, 0.05) is 19.5 Å². The molecule has 0 radical (unpaired) electrons. The molecule has 0 spiro atoms. The van der Waals surface area contributed by atoms with Crippen LogP contribution in [0.4, 0.5) is 4.79 Å². The lowest BCUT2D eigenvalue weighted by molar-refractivity contribution is -0.141. The maximum absolute atomic E-state index is 12.0. The summed E-state index contributed by atoms with van der Waals surface area (Å²) in [7, 11) is 0. The van der Waals surface area contributed by atoms with Gasteiger partial charge in [-0.15, -0.1) is 0 Å². The number of β-amino-alcohol motifs (C(OH)–C–C–N with tert-alkyl or cyclic N) is 1. The number of primary amides is 1. The van der Waals surface area contributed by atoms with Crippen molar-refractivity contribution in [3.05, 3.63) is 0 Å². The van der Waals surface area contributed by atoms with Gasteiger partial charge in [0.15, 0.2) is 0 Å². The summed E-state index contributed by atoms with van der Waals surface area (Å²) in [6.45, 7) is 1.57. The van der Waals surface area contributed by atoms with Crippen LogP contribution in [-0.4, -0.2) is 69.7 Å². The van der Waals surface area contributed by atoms with Crippen molar-refractivity contribution >= 4 is 17.9 Å². The predicted octanol–water partition coefficient (Wildman–Crippen LogP) is -1.57. The number of hydrogen-bond acceptors (Lipinski definition) is 4. The highest BCUT2D eigenvalue weighted by Gasteiger charge is 2.40. The summed E-state index contributed by atoms with van der Waals surface area (Å²) in [5.74, 6) is -1.84. The maximum Gasteiger partial charge on any atom is 0.326 e. The van der Waals surface area contributed by atoms with Crippen LogP contribution in [0.5, 0.6) is 0 Å². The summed E-state index contributed by atoms with van der Waals surface area (Å²) < 4.78 is 0. The number of hydrogen-bond donors (Lipinski definition) is 3. The van der Waals surface area contributed by atoms with Gasteiger partial charge in [0.25, 0.3) is 0 Å². The topological polar surface area (TPSA) is 124 Å². The molecule has 1 fully saturated rings. The van der Waals surface area contributed by atoms with E-state index in [0.717, 1.165) is 9.80 Å². The van der Waals surface area contributed by atoms with E-state index < -0.39 is 30.1 Å². The minimum absolute atomic E-state index is 0.00476. The molecule has 0 saturated carbocycles. The van der Waals surface area contributed by atoms with Crippen molar-refractivity contribution in [2.75, 3.05) is 19.6 Å². The summed E-state index contributed by atoms with van der Waals surface area (Å²) in [5, 5.41) is 18.4. The summed E-state index contributed by atoms with van der Waals surface area (Å²) >= 11 is 0. The Kier molecular flexibility index (Phi) is 4.49. The fraction of sp³-hybridized carbons (Fsp3) is 0.700. The van der Waals surface area contributed by atoms with E-state index in [4.69, 9.17) is 10.8 Å². The van der Waals surface area contributed by atoms with Crippen LogP contribution in [0.1, 0.15) is 13.3 Å². The molecule has 1 aliphatic heterocycles. The standard InChI is InChI=1S/C10H17N3O5/c1-2-12(5-8(11)15)10(18)13-4-6(14)3-7(13)9(16)17/h6-7,14H,2-5H2,1H3,(H2,11,15)(H,16,17)/t6-,7-/m0/s1. The molecule has 1 heterocycles. The third-order valence-corrected chi connectivity index (χ3v) is 2.81. The van der Waals surface area contributed by atoms with Crippen molar-refractivity contribution in [2.45, 2.75) is 25.5 Å². The highest BCUT2D eigenvalue weighted by molar-refractivity contribution is 5.86. The highest BCUT2D eigenvalue weighted by atomic mass is 16.4. The smallest absolute Gasteiger partial charge is 0.326 e. The van der Waals surface area contributed by atoms with E-state index in [1.54, 1.807) is 6.92 Å². The first-order chi connectivity index (χ1) is 8.36. The van der Waals surface area contributed by atoms with Crippen LogP contribution in [0.25, 0.3) is 0 Å². The van der Waals surface area contributed by atoms with Crippen molar-refractivity contribution < 1.29 is 24.6 Å². The first-order valence-corrected chi connectivity index (χ1v) is 5.61. The number of aliphatic carboxylic acids is 1. The van der Waals surface area contributed by atoms with E-state index in [9.17, 15) is 19.5 Å². The van der Waals surface area contributed by atoms with Crippen LogP contribution in [0.15, 0.2) is 0 Å². The summed E-state index contributed by atoms with van der Waals surface area (Å²) in [6.07, 6.45) is -0.864. The number of nitrogens with two attached hydrogens (primary N) is 1. The molecule has 1 saturated heterocycles. The largest absolute Gasteiger partial charge is 0.480 e. The van der Waals surface area contributed by atoms with Gasteiger partial charge >= 0.3 is 12.0 Å². The van der Waals surface area contributed by atoms with E-state index in [1.165, 1.54) is 0 Å². The number of nitrogens with zero attached hydrogens (tertiary/aromatic N) is 2. The normalized spacial score (nSPS) is 22.9. The Bertz CT molecular complexity index is 359. The Labute approximate surface area is 104 Å². The number of likely N-dealkylation sites (N-methyl/N-ethyl adjacent to an activating group) is 1. The number of carboxylic acid groups (broad SMARTS) is 1. The van der Waals surface area contributed by atoms with Crippen molar-refractivity contribution in [2.24, 2.45) is 5.73 Å². The van der Waals surface area contributed by atoms with Crippen molar-refractivity contribution in [3.8, 4) is 0 Å². The van der Waals surface area contributed by atoms with Gasteiger partial charge < -0.3 is 25.7 Å². The van der Waals surface area contributed by atoms with Crippen molar-refractivity contribution in [1.29, 1.82) is 0 Å². The van der Waals surface area contributed by atoms with Gasteiger partial charge in [0.1, 0.15) is 12.6 Å². The Morgan fingerprint density at radius 3 is 2.50 bits per heavy atom. The Morgan fingerprint density at radius 2 is 2.06 bits per heavy atom. The Hall–Kier alpha value is -1.83. The van der Waals surface area contributed by atoms with E-state index in [2.05, 4.69) is 0 Å². The van der Waals surface area contributed by atoms with Gasteiger partial charge in [0.05, 0.1) is 6.10 Å². The molecule has 1 aliphatic rings. The first kappa shape index (κ1) is 14.2. The van der Waals surface area contributed by atoms with Gasteiger partial charge in [-0.2, -0.15) is 0 Å². The van der Waals surface area contributed by atoms with Gasteiger partial charge in [-0.1, -0.05) is 0 Å². The molecule has 3 amide bonds. The minimum Gasteiger partial charge on any atom is -0.480 e. The number of urea groups is 1. The van der Waals surface area contributed by atoms with E-state index in [1.807, 2.05) is 0 Å². The molecule has 1 rings (SSSR count). The van der Waals surface area contributed by atoms with E-state index in [0.29, 0.717) is 0 Å². The first-order valence-electron chi connectivity index (χ1n) is 5.61. The molecule has 0 aliphatic carbocycles. The van der Waals surface area contributed by atoms with E-state index in [-0.39, 0.29) is 26.1 Å². The molecule has 2 atom stereocenters. The van der Waals surface area contributed by atoms with Crippen LogP contribution in [0.3, 0.4) is 0 Å². The molecule has 4 N–H and O–H groups in total. The molecule has 8 heteroatoms. The molecule has 0 bridgehead atoms. The predicted molar refractivity (Wildman–Crippen MR) is 60.6 cm³/mol. The van der Waals surface area contributed by atoms with Gasteiger partial charge in [0.2, 0.25) is 5.91 Å². The number of carboxylic acids is 1. The number of rotatable bonds is 4. The summed E-state index contributed by atoms with van der Waals surface area (Å²) in [6, 6.07) is -1.66. The lowest BCUT2D eigenvalue weighted by Gasteiger charge is -2.28. The number of aliphatic hydroxyl groups excluding tert-OH is 1.